The van der Waals surface area contributed by atoms with E-state index in [1.807, 2.05) is 0 Å². The van der Waals surface area contributed by atoms with Crippen LogP contribution in [0.5, 0.6) is 28.7 Å². The Morgan fingerprint density at radius 3 is 2.36 bits per heavy atom. The smallest absolute Gasteiger partial charge is 0.332 e. The van der Waals surface area contributed by atoms with Gasteiger partial charge < -0.3 is 29.0 Å². The Morgan fingerprint density at radius 1 is 0.955 bits per heavy atom. The van der Waals surface area contributed by atoms with Crippen molar-refractivity contribution in [1.82, 2.24) is 9.13 Å². The number of allylic oxidation sites excluding steroid dienone is 1. The van der Waals surface area contributed by atoms with Gasteiger partial charge in [-0.05, 0) is 24.1 Å². The van der Waals surface area contributed by atoms with Crippen LogP contribution in [0.2, 0.25) is 5.02 Å². The van der Waals surface area contributed by atoms with Crippen molar-refractivity contribution in [2.24, 2.45) is 20.0 Å². The van der Waals surface area contributed by atoms with E-state index in [9.17, 15) is 19.2 Å². The van der Waals surface area contributed by atoms with Gasteiger partial charge in [-0.15, -0.1) is 0 Å². The largest absolute Gasteiger partial charge is 0.496 e. The molecule has 1 N–H and O–H groups in total. The fourth-order valence-electron chi connectivity index (χ4n) is 6.76. The molecule has 13 heteroatoms. The minimum atomic E-state index is -2.00. The second-order valence-electron chi connectivity index (χ2n) is 11.2. The first-order valence-corrected chi connectivity index (χ1v) is 14.4. The Morgan fingerprint density at radius 2 is 1.66 bits per heavy atom. The SMILES string of the molecule is COc1cc(OC)c2c(c1Cl)OC1(C(=O)C3=C(CC1C)Nc1c(c(=O)n(C)c(=O)n1C)C3c1ccc3c(c1)OCCO3)C2=O. The van der Waals surface area contributed by atoms with Crippen LogP contribution < -0.4 is 40.3 Å². The number of nitrogens with zero attached hydrogens (tertiary/aromatic N) is 2. The molecule has 1 aromatic heterocycles. The van der Waals surface area contributed by atoms with Gasteiger partial charge in [0.15, 0.2) is 17.2 Å². The number of ether oxygens (including phenoxy) is 5. The van der Waals surface area contributed by atoms with Crippen molar-refractivity contribution < 1.29 is 33.3 Å². The number of aromatic nitrogens is 2. The second kappa shape index (κ2) is 9.65. The van der Waals surface area contributed by atoms with Crippen LogP contribution in [0.15, 0.2) is 45.1 Å². The lowest BCUT2D eigenvalue weighted by Gasteiger charge is -2.42. The molecule has 3 unspecified atom stereocenters. The quantitative estimate of drug-likeness (QED) is 0.435. The summed E-state index contributed by atoms with van der Waals surface area (Å²) in [6, 6.07) is 6.66. The molecule has 2 aromatic carbocycles. The predicted molar refractivity (Wildman–Crippen MR) is 158 cm³/mol. The van der Waals surface area contributed by atoms with Crippen LogP contribution in [0.1, 0.15) is 40.7 Å². The van der Waals surface area contributed by atoms with Crippen LogP contribution in [-0.4, -0.2) is 53.7 Å². The van der Waals surface area contributed by atoms with E-state index in [0.29, 0.717) is 36.0 Å². The Bertz CT molecular complexity index is 1980. The number of nitrogens with one attached hydrogen (secondary N) is 1. The van der Waals surface area contributed by atoms with Gasteiger partial charge in [0.25, 0.3) is 5.56 Å². The number of benzene rings is 2. The van der Waals surface area contributed by atoms with Crippen molar-refractivity contribution >= 4 is 29.0 Å². The summed E-state index contributed by atoms with van der Waals surface area (Å²) < 4.78 is 31.1. The van der Waals surface area contributed by atoms with E-state index >= 15 is 0 Å². The van der Waals surface area contributed by atoms with Gasteiger partial charge in [0.05, 0.1) is 19.8 Å². The van der Waals surface area contributed by atoms with E-state index in [-0.39, 0.29) is 51.2 Å². The van der Waals surface area contributed by atoms with Gasteiger partial charge in [0.2, 0.25) is 17.2 Å². The van der Waals surface area contributed by atoms with Gasteiger partial charge >= 0.3 is 5.69 Å². The summed E-state index contributed by atoms with van der Waals surface area (Å²) in [5, 5.41) is 3.24. The number of carbonyl (C=O) groups is 2. The molecule has 1 spiro atoms. The van der Waals surface area contributed by atoms with E-state index in [4.69, 9.17) is 35.3 Å². The third-order valence-electron chi connectivity index (χ3n) is 8.98. The van der Waals surface area contributed by atoms with Crippen molar-refractivity contribution in [2.45, 2.75) is 24.9 Å². The minimum absolute atomic E-state index is 0.00419. The standard InChI is InChI=1S/C31H28ClN3O9/c1-13-10-15-21(26(36)31(13)27(37)22-18(40-4)12-19(41-5)24(32)25(22)44-31)20(14-6-7-16-17(11-14)43-9-8-42-16)23-28(33-15)34(2)30(39)35(3)29(23)38/h6-7,11-13,20,33H,8-10H2,1-5H3. The van der Waals surface area contributed by atoms with Crippen molar-refractivity contribution in [1.29, 1.82) is 0 Å². The Hall–Kier alpha value is -4.71. The first kappa shape index (κ1) is 28.1. The summed E-state index contributed by atoms with van der Waals surface area (Å²) in [4.78, 5) is 56.2. The number of rotatable bonds is 3. The predicted octanol–water partition coefficient (Wildman–Crippen LogP) is 2.96. The highest BCUT2D eigenvalue weighted by Crippen LogP contribution is 2.56. The molecular weight excluding hydrogens is 594 g/mol. The average molecular weight is 622 g/mol. The summed E-state index contributed by atoms with van der Waals surface area (Å²) in [6.45, 7) is 2.45. The molecule has 0 bridgehead atoms. The molecule has 0 saturated carbocycles. The first-order chi connectivity index (χ1) is 21.0. The average Bonchev–Trinajstić information content (AvgIpc) is 3.35. The molecule has 3 aliphatic heterocycles. The minimum Gasteiger partial charge on any atom is -0.496 e. The van der Waals surface area contributed by atoms with E-state index in [2.05, 4.69) is 5.32 Å². The topological polar surface area (TPSA) is 136 Å². The number of anilines is 1. The molecule has 3 aromatic rings. The van der Waals surface area contributed by atoms with Crippen molar-refractivity contribution in [3.05, 3.63) is 78.1 Å². The highest BCUT2D eigenvalue weighted by molar-refractivity contribution is 6.36. The zero-order valence-electron chi connectivity index (χ0n) is 24.5. The maximum Gasteiger partial charge on any atom is 0.332 e. The van der Waals surface area contributed by atoms with Crippen LogP contribution in [0, 0.1) is 5.92 Å². The van der Waals surface area contributed by atoms with Gasteiger partial charge in [0.1, 0.15) is 41.1 Å². The molecule has 0 fully saturated rings. The van der Waals surface area contributed by atoms with E-state index in [1.54, 1.807) is 32.2 Å². The molecule has 1 aliphatic carbocycles. The fourth-order valence-corrected chi connectivity index (χ4v) is 7.03. The van der Waals surface area contributed by atoms with Crippen LogP contribution in [0.4, 0.5) is 5.82 Å². The molecule has 12 nitrogen and oxygen atoms in total. The van der Waals surface area contributed by atoms with Crippen molar-refractivity contribution in [3.63, 3.8) is 0 Å². The summed E-state index contributed by atoms with van der Waals surface area (Å²) >= 11 is 6.62. The molecular formula is C31H28ClN3O9. The molecule has 4 aliphatic rings. The number of ketones is 2. The maximum atomic E-state index is 15.0. The monoisotopic (exact) mass is 621 g/mol. The van der Waals surface area contributed by atoms with Gasteiger partial charge in [-0.2, -0.15) is 0 Å². The van der Waals surface area contributed by atoms with Gasteiger partial charge in [-0.25, -0.2) is 4.79 Å². The third-order valence-corrected chi connectivity index (χ3v) is 9.33. The van der Waals surface area contributed by atoms with Crippen molar-refractivity contribution in [2.75, 3.05) is 32.8 Å². The number of hydrogen-bond acceptors (Lipinski definition) is 10. The number of halogens is 1. The molecule has 0 amide bonds. The summed E-state index contributed by atoms with van der Waals surface area (Å²) in [6.07, 6.45) is 0.182. The van der Waals surface area contributed by atoms with Gasteiger partial charge in [-0.1, -0.05) is 24.6 Å². The van der Waals surface area contributed by atoms with Crippen molar-refractivity contribution in [3.8, 4) is 28.7 Å². The molecule has 4 heterocycles. The number of carbonyl (C=O) groups excluding carboxylic acids is 2. The summed E-state index contributed by atoms with van der Waals surface area (Å²) in [5.41, 5.74) is -1.71. The highest BCUT2D eigenvalue weighted by Gasteiger charge is 2.63. The number of hydrogen-bond donors (Lipinski definition) is 1. The van der Waals surface area contributed by atoms with E-state index in [1.165, 1.54) is 31.9 Å². The summed E-state index contributed by atoms with van der Waals surface area (Å²) in [5.74, 6) is -1.27. The molecule has 228 valence electrons. The Labute approximate surface area is 255 Å². The Kier molecular flexibility index (Phi) is 6.16. The highest BCUT2D eigenvalue weighted by atomic mass is 35.5. The number of methoxy groups -OCH3 is 2. The van der Waals surface area contributed by atoms with Crippen LogP contribution >= 0.6 is 11.6 Å². The lowest BCUT2D eigenvalue weighted by molar-refractivity contribution is -0.130. The molecule has 44 heavy (non-hydrogen) atoms. The van der Waals surface area contributed by atoms with Gasteiger partial charge in [0, 0.05) is 43.3 Å². The molecule has 7 rings (SSSR count). The maximum absolute atomic E-state index is 15.0. The van der Waals surface area contributed by atoms with Crippen LogP contribution in [-0.2, 0) is 18.9 Å². The zero-order valence-corrected chi connectivity index (χ0v) is 25.3. The van der Waals surface area contributed by atoms with E-state index < -0.39 is 40.3 Å². The summed E-state index contributed by atoms with van der Waals surface area (Å²) in [7, 11) is 5.75. The lowest BCUT2D eigenvalue weighted by Crippen LogP contribution is -2.58. The molecule has 0 radical (unpaired) electrons. The lowest BCUT2D eigenvalue weighted by atomic mass is 9.66. The Balaban J connectivity index is 1.47. The second-order valence-corrected chi connectivity index (χ2v) is 11.6. The number of Topliss-reactive ketones (excluding diaryl/α,β-unsaturated/α-hetero) is 2. The fraction of sp³-hybridized carbons (Fsp3) is 0.355. The number of fused-ring (bicyclic) bond motifs is 3. The third kappa shape index (κ3) is 3.51. The molecule has 0 saturated heterocycles. The van der Waals surface area contributed by atoms with Gasteiger partial charge in [-0.3, -0.25) is 23.5 Å². The first-order valence-electron chi connectivity index (χ1n) is 14.0. The normalized spacial score (nSPS) is 23.0. The zero-order chi connectivity index (χ0) is 31.2. The van der Waals surface area contributed by atoms with Crippen LogP contribution in [0.25, 0.3) is 0 Å². The van der Waals surface area contributed by atoms with E-state index in [0.717, 1.165) is 4.57 Å². The van der Waals surface area contributed by atoms with Crippen LogP contribution in [0.3, 0.4) is 0 Å². The molecule has 3 atom stereocenters.